The van der Waals surface area contributed by atoms with Gasteiger partial charge in [0.2, 0.25) is 10.0 Å². The molecule has 146 valence electrons. The minimum absolute atomic E-state index is 0.0114. The second kappa shape index (κ2) is 8.44. The van der Waals surface area contributed by atoms with Gasteiger partial charge in [-0.3, -0.25) is 0 Å². The molecule has 0 saturated heterocycles. The first-order chi connectivity index (χ1) is 12.2. The van der Waals surface area contributed by atoms with Gasteiger partial charge in [0.25, 0.3) is 0 Å². The van der Waals surface area contributed by atoms with Crippen LogP contribution >= 0.6 is 0 Å². The van der Waals surface area contributed by atoms with E-state index < -0.39 is 10.0 Å². The van der Waals surface area contributed by atoms with Crippen LogP contribution in [0.1, 0.15) is 69.4 Å². The topological polar surface area (TPSA) is 77.8 Å². The molecule has 1 aromatic carbocycles. The Morgan fingerprint density at radius 1 is 1.23 bits per heavy atom. The number of unbranched alkanes of at least 4 members (excludes halogenated alkanes) is 2. The van der Waals surface area contributed by atoms with Crippen LogP contribution in [0.4, 0.5) is 0 Å². The van der Waals surface area contributed by atoms with Gasteiger partial charge in [0.15, 0.2) is 0 Å². The normalized spacial score (nSPS) is 18.2. The number of phenols is 2. The standard InChI is InChI=1S/C20H31NO4S/c1-5-6-7-10-16-13-17(22)18(15-11-8-9-14(2)12-15)19(23)20(16)26(24,25)21(3)4/h12-13,15,22-23H,5-11H2,1-4H3. The molecule has 0 spiro atoms. The highest BCUT2D eigenvalue weighted by Gasteiger charge is 2.31. The van der Waals surface area contributed by atoms with Crippen LogP contribution in [0.25, 0.3) is 0 Å². The lowest BCUT2D eigenvalue weighted by atomic mass is 9.84. The fraction of sp³-hybridized carbons (Fsp3) is 0.600. The molecule has 0 heterocycles. The maximum atomic E-state index is 12.9. The van der Waals surface area contributed by atoms with E-state index in [2.05, 4.69) is 6.92 Å². The summed E-state index contributed by atoms with van der Waals surface area (Å²) in [6, 6.07) is 1.54. The van der Waals surface area contributed by atoms with E-state index in [1.165, 1.54) is 19.7 Å². The molecule has 0 fully saturated rings. The summed E-state index contributed by atoms with van der Waals surface area (Å²) in [5.74, 6) is -0.464. The van der Waals surface area contributed by atoms with Gasteiger partial charge in [0.1, 0.15) is 16.4 Å². The van der Waals surface area contributed by atoms with Crippen molar-refractivity contribution in [3.05, 3.63) is 28.8 Å². The molecular weight excluding hydrogens is 350 g/mol. The molecule has 0 bridgehead atoms. The van der Waals surface area contributed by atoms with Crippen LogP contribution in [0.15, 0.2) is 22.6 Å². The van der Waals surface area contributed by atoms with Gasteiger partial charge in [0, 0.05) is 25.6 Å². The Morgan fingerprint density at radius 2 is 1.92 bits per heavy atom. The van der Waals surface area contributed by atoms with Gasteiger partial charge >= 0.3 is 0 Å². The summed E-state index contributed by atoms with van der Waals surface area (Å²) in [4.78, 5) is -0.0528. The number of nitrogens with zero attached hydrogens (tertiary/aromatic N) is 1. The molecule has 2 rings (SSSR count). The molecule has 0 aromatic heterocycles. The summed E-state index contributed by atoms with van der Waals surface area (Å²) >= 11 is 0. The summed E-state index contributed by atoms with van der Waals surface area (Å²) in [6.45, 7) is 4.10. The summed E-state index contributed by atoms with van der Waals surface area (Å²) in [5.41, 5.74) is 2.02. The van der Waals surface area contributed by atoms with Crippen molar-refractivity contribution in [2.75, 3.05) is 14.1 Å². The predicted octanol–water partition coefficient (Wildman–Crippen LogP) is 4.29. The van der Waals surface area contributed by atoms with Crippen LogP contribution in [0.5, 0.6) is 11.5 Å². The first-order valence-corrected chi connectivity index (χ1v) is 10.8. The maximum Gasteiger partial charge on any atom is 0.246 e. The van der Waals surface area contributed by atoms with E-state index in [4.69, 9.17) is 0 Å². The first kappa shape index (κ1) is 20.8. The predicted molar refractivity (Wildman–Crippen MR) is 104 cm³/mol. The zero-order valence-electron chi connectivity index (χ0n) is 16.2. The third-order valence-corrected chi connectivity index (χ3v) is 7.01. The quantitative estimate of drug-likeness (QED) is 0.545. The molecule has 0 saturated carbocycles. The van der Waals surface area contributed by atoms with Crippen LogP contribution < -0.4 is 0 Å². The van der Waals surface area contributed by atoms with E-state index in [-0.39, 0.29) is 22.3 Å². The molecule has 1 atom stereocenters. The summed E-state index contributed by atoms with van der Waals surface area (Å²) in [7, 11) is -0.895. The molecule has 0 aliphatic heterocycles. The molecule has 1 unspecified atom stereocenters. The average molecular weight is 382 g/mol. The lowest BCUT2D eigenvalue weighted by molar-refractivity contribution is 0.413. The molecule has 6 heteroatoms. The Hall–Kier alpha value is -1.53. The largest absolute Gasteiger partial charge is 0.507 e. The molecule has 1 aromatic rings. The Morgan fingerprint density at radius 3 is 2.50 bits per heavy atom. The van der Waals surface area contributed by atoms with Crippen molar-refractivity contribution in [1.29, 1.82) is 0 Å². The van der Waals surface area contributed by atoms with Gasteiger partial charge in [-0.05, 0) is 50.7 Å². The van der Waals surface area contributed by atoms with Crippen molar-refractivity contribution >= 4 is 10.0 Å². The Kier molecular flexibility index (Phi) is 6.74. The first-order valence-electron chi connectivity index (χ1n) is 9.37. The highest BCUT2D eigenvalue weighted by molar-refractivity contribution is 7.89. The van der Waals surface area contributed by atoms with Crippen LogP contribution in [0.2, 0.25) is 0 Å². The summed E-state index contributed by atoms with van der Waals surface area (Å²) < 4.78 is 26.9. The van der Waals surface area contributed by atoms with Gasteiger partial charge in [-0.1, -0.05) is 31.4 Å². The van der Waals surface area contributed by atoms with Crippen LogP contribution in [-0.4, -0.2) is 37.0 Å². The Labute approximate surface area is 157 Å². The zero-order valence-corrected chi connectivity index (χ0v) is 17.1. The molecule has 0 radical (unpaired) electrons. The molecule has 1 aliphatic rings. The third kappa shape index (κ3) is 4.23. The Balaban J connectivity index is 2.64. The van der Waals surface area contributed by atoms with Crippen LogP contribution in [-0.2, 0) is 16.4 Å². The fourth-order valence-electron chi connectivity index (χ4n) is 3.63. The number of sulfonamides is 1. The van der Waals surface area contributed by atoms with E-state index in [1.54, 1.807) is 6.07 Å². The van der Waals surface area contributed by atoms with Crippen molar-refractivity contribution in [1.82, 2.24) is 4.31 Å². The SMILES string of the molecule is CCCCCc1cc(O)c(C2C=C(C)CCC2)c(O)c1S(=O)(=O)N(C)C. The van der Waals surface area contributed by atoms with Crippen molar-refractivity contribution in [3.8, 4) is 11.5 Å². The smallest absolute Gasteiger partial charge is 0.246 e. The average Bonchev–Trinajstić information content (AvgIpc) is 2.54. The van der Waals surface area contributed by atoms with E-state index in [1.807, 2.05) is 13.0 Å². The van der Waals surface area contributed by atoms with E-state index in [9.17, 15) is 18.6 Å². The van der Waals surface area contributed by atoms with E-state index in [0.717, 1.165) is 42.8 Å². The van der Waals surface area contributed by atoms with E-state index in [0.29, 0.717) is 17.5 Å². The van der Waals surface area contributed by atoms with Gasteiger partial charge in [-0.25, -0.2) is 12.7 Å². The monoisotopic (exact) mass is 381 g/mol. The van der Waals surface area contributed by atoms with Gasteiger partial charge in [-0.2, -0.15) is 0 Å². The summed E-state index contributed by atoms with van der Waals surface area (Å²) in [5, 5.41) is 21.5. The summed E-state index contributed by atoms with van der Waals surface area (Å²) in [6.07, 6.45) is 8.07. The number of phenolic OH excluding ortho intramolecular Hbond substituents is 2. The van der Waals surface area contributed by atoms with Crippen molar-refractivity contribution in [3.63, 3.8) is 0 Å². The van der Waals surface area contributed by atoms with Crippen LogP contribution in [0, 0.1) is 0 Å². The molecular formula is C20H31NO4S. The van der Waals surface area contributed by atoms with Crippen molar-refractivity contribution < 1.29 is 18.6 Å². The second-order valence-corrected chi connectivity index (χ2v) is 9.49. The molecule has 5 nitrogen and oxygen atoms in total. The zero-order chi connectivity index (χ0) is 19.5. The molecule has 0 amide bonds. The van der Waals surface area contributed by atoms with Crippen LogP contribution in [0.3, 0.4) is 0 Å². The number of allylic oxidation sites excluding steroid dienone is 2. The number of hydrogen-bond donors (Lipinski definition) is 2. The van der Waals surface area contributed by atoms with Crippen molar-refractivity contribution in [2.24, 2.45) is 0 Å². The number of aromatic hydroxyl groups is 2. The number of benzene rings is 1. The lowest BCUT2D eigenvalue weighted by Crippen LogP contribution is -2.24. The van der Waals surface area contributed by atoms with E-state index >= 15 is 0 Å². The highest BCUT2D eigenvalue weighted by Crippen LogP contribution is 2.45. The third-order valence-electron chi connectivity index (χ3n) is 5.08. The second-order valence-electron chi connectivity index (χ2n) is 7.40. The van der Waals surface area contributed by atoms with Gasteiger partial charge in [-0.15, -0.1) is 0 Å². The number of rotatable bonds is 7. The Bertz CT molecular complexity index is 781. The lowest BCUT2D eigenvalue weighted by Gasteiger charge is -2.25. The molecule has 2 N–H and O–H groups in total. The van der Waals surface area contributed by atoms with Crippen molar-refractivity contribution in [2.45, 2.75) is 69.6 Å². The highest BCUT2D eigenvalue weighted by atomic mass is 32.2. The fourth-order valence-corrected chi connectivity index (χ4v) is 4.84. The number of hydrogen-bond acceptors (Lipinski definition) is 4. The minimum Gasteiger partial charge on any atom is -0.507 e. The number of aryl methyl sites for hydroxylation is 1. The van der Waals surface area contributed by atoms with Gasteiger partial charge < -0.3 is 10.2 Å². The van der Waals surface area contributed by atoms with Gasteiger partial charge in [0.05, 0.1) is 0 Å². The minimum atomic E-state index is -3.82. The molecule has 26 heavy (non-hydrogen) atoms. The maximum absolute atomic E-state index is 12.9. The molecule has 1 aliphatic carbocycles.